The number of amides is 2. The van der Waals surface area contributed by atoms with Gasteiger partial charge in [0.15, 0.2) is 5.44 Å². The average Bonchev–Trinajstić information content (AvgIpc) is 3.60. The third-order valence-electron chi connectivity index (χ3n) is 8.14. The van der Waals surface area contributed by atoms with Crippen LogP contribution in [0.3, 0.4) is 0 Å². The molecule has 52 heavy (non-hydrogen) atoms. The van der Waals surface area contributed by atoms with E-state index in [2.05, 4.69) is 15.6 Å². The van der Waals surface area contributed by atoms with E-state index in [0.717, 1.165) is 30.0 Å². The first-order valence-electron chi connectivity index (χ1n) is 15.5. The number of carbonyl (C=O) groups excluding carboxylic acids is 2. The molecule has 1 aliphatic rings. The Morgan fingerprint density at radius 1 is 1.08 bits per heavy atom. The summed E-state index contributed by atoms with van der Waals surface area (Å²) in [7, 11) is 0. The normalized spacial score (nSPS) is 16.1. The van der Waals surface area contributed by atoms with Gasteiger partial charge in [-0.05, 0) is 42.8 Å². The van der Waals surface area contributed by atoms with Crippen molar-refractivity contribution < 1.29 is 57.9 Å². The molecule has 5 rings (SSSR count). The number of fused-ring (bicyclic) bond motifs is 3. The molecule has 16 nitrogen and oxygen atoms in total. The van der Waals surface area contributed by atoms with E-state index in [-0.39, 0.29) is 57.5 Å². The number of carbonyl (C=O) groups is 5. The molecule has 0 bridgehead atoms. The van der Waals surface area contributed by atoms with Gasteiger partial charge in [-0.25, -0.2) is 13.6 Å². The summed E-state index contributed by atoms with van der Waals surface area (Å²) in [4.78, 5) is 76.0. The zero-order valence-electron chi connectivity index (χ0n) is 26.8. The highest BCUT2D eigenvalue weighted by molar-refractivity contribution is 7.99. The second-order valence-electron chi connectivity index (χ2n) is 11.6. The van der Waals surface area contributed by atoms with Gasteiger partial charge in [-0.2, -0.15) is 0 Å². The van der Waals surface area contributed by atoms with Gasteiger partial charge in [0.2, 0.25) is 11.8 Å². The minimum absolute atomic E-state index is 0.0414. The quantitative estimate of drug-likeness (QED) is 0.0857. The lowest BCUT2D eigenvalue weighted by molar-refractivity contribution is -0.139. The van der Waals surface area contributed by atoms with Crippen LogP contribution in [0.4, 0.5) is 8.78 Å². The molecule has 3 heterocycles. The van der Waals surface area contributed by atoms with Gasteiger partial charge in [-0.15, -0.1) is 11.8 Å². The maximum absolute atomic E-state index is 14.8. The Bertz CT molecular complexity index is 2140. The maximum atomic E-state index is 14.8. The molecule has 19 heteroatoms. The van der Waals surface area contributed by atoms with Gasteiger partial charge >= 0.3 is 17.9 Å². The fraction of sp³-hybridized carbons (Fsp3) is 0.273. The van der Waals surface area contributed by atoms with Crippen molar-refractivity contribution in [3.63, 3.8) is 0 Å². The molecule has 9 N–H and O–H groups in total. The molecular formula is C33H31F2N5O11S. The van der Waals surface area contributed by atoms with Crippen LogP contribution in [0.25, 0.3) is 22.0 Å². The zero-order valence-corrected chi connectivity index (χ0v) is 27.6. The summed E-state index contributed by atoms with van der Waals surface area (Å²) in [5.74, 6) is -7.82. The number of hydrogen-bond donors (Lipinski definition) is 8. The van der Waals surface area contributed by atoms with Gasteiger partial charge in [-0.1, -0.05) is 6.07 Å². The summed E-state index contributed by atoms with van der Waals surface area (Å²) in [6, 6.07) is 5.63. The largest absolute Gasteiger partial charge is 0.480 e. The SMILES string of the molecule is N[C@@H](CCC(=O)N[C@@H](CSC1Oc2c(ccc3c2c(-c2ccc[nH]c2=O)c(C(=O)O)n3Cc2cc(F)ccc2F)C1O)C(=O)NCC(=O)O)C(=O)O. The number of nitrogens with two attached hydrogens (primary N) is 1. The van der Waals surface area contributed by atoms with Crippen molar-refractivity contribution in [3.05, 3.63) is 87.5 Å². The van der Waals surface area contributed by atoms with E-state index in [0.29, 0.717) is 0 Å². The van der Waals surface area contributed by atoms with Crippen LogP contribution >= 0.6 is 11.8 Å². The number of aromatic carboxylic acids is 1. The smallest absolute Gasteiger partial charge is 0.353 e. The Kier molecular flexibility index (Phi) is 11.3. The van der Waals surface area contributed by atoms with Gasteiger partial charge in [-0.3, -0.25) is 24.0 Å². The molecule has 0 saturated carbocycles. The number of aliphatic carboxylic acids is 2. The number of hydrogen-bond acceptors (Lipinski definition) is 10. The Morgan fingerprint density at radius 3 is 2.50 bits per heavy atom. The first-order chi connectivity index (χ1) is 24.7. The average molecular weight is 744 g/mol. The van der Waals surface area contributed by atoms with Crippen molar-refractivity contribution >= 4 is 52.4 Å². The first-order valence-corrected chi connectivity index (χ1v) is 16.5. The molecule has 2 aromatic carbocycles. The lowest BCUT2D eigenvalue weighted by atomic mass is 10.00. The van der Waals surface area contributed by atoms with E-state index in [9.17, 15) is 47.8 Å². The predicted molar refractivity (Wildman–Crippen MR) is 180 cm³/mol. The van der Waals surface area contributed by atoms with E-state index in [1.165, 1.54) is 35.0 Å². The zero-order chi connectivity index (χ0) is 37.9. The molecule has 1 aliphatic heterocycles. The number of nitrogens with zero attached hydrogens (tertiary/aromatic N) is 1. The predicted octanol–water partition coefficient (Wildman–Crippen LogP) is 1.38. The van der Waals surface area contributed by atoms with Crippen LogP contribution in [0, 0.1) is 11.6 Å². The number of ether oxygens (including phenoxy) is 1. The monoisotopic (exact) mass is 743 g/mol. The van der Waals surface area contributed by atoms with Crippen molar-refractivity contribution in [3.8, 4) is 16.9 Å². The van der Waals surface area contributed by atoms with Crippen molar-refractivity contribution in [1.82, 2.24) is 20.2 Å². The summed E-state index contributed by atoms with van der Waals surface area (Å²) in [5.41, 5.74) is 2.97. The highest BCUT2D eigenvalue weighted by Crippen LogP contribution is 2.49. The summed E-state index contributed by atoms with van der Waals surface area (Å²) < 4.78 is 36.3. The number of aliphatic hydroxyl groups excluding tert-OH is 1. The standard InChI is InChI=1S/C33H31F2N5O11S/c34-15-3-5-18(35)14(10-15)12-40-21-7-4-17-27(44)33(51-28(17)25(21)24(26(40)32(49)50)16-2-1-9-37-29(16)45)52-13-20(30(46)38-11-23(42)43)39-22(41)8-6-19(36)31(47)48/h1-5,7,9-10,19-20,27,33,44H,6,8,11-13,36H2,(H,37,45)(H,38,46)(H,39,41)(H,42,43)(H,47,48)(H,49,50)/t19-,20-,27?,33?/m0/s1. The molecule has 0 radical (unpaired) electrons. The number of rotatable bonds is 15. The number of thioether (sulfide) groups is 1. The summed E-state index contributed by atoms with van der Waals surface area (Å²) >= 11 is 0.831. The van der Waals surface area contributed by atoms with E-state index >= 15 is 0 Å². The lowest BCUT2D eigenvalue weighted by Gasteiger charge is -2.21. The molecule has 2 amide bonds. The summed E-state index contributed by atoms with van der Waals surface area (Å²) in [5, 5.41) is 44.4. The fourth-order valence-electron chi connectivity index (χ4n) is 5.68. The third-order valence-corrected chi connectivity index (χ3v) is 9.35. The molecule has 0 saturated heterocycles. The molecule has 0 fully saturated rings. The summed E-state index contributed by atoms with van der Waals surface area (Å²) in [6.45, 7) is -1.26. The first kappa shape index (κ1) is 37.5. The van der Waals surface area contributed by atoms with Crippen LogP contribution in [0.15, 0.2) is 53.5 Å². The second kappa shape index (κ2) is 15.6. The number of aliphatic hydroxyl groups is 1. The van der Waals surface area contributed by atoms with Crippen molar-refractivity contribution in [2.75, 3.05) is 12.3 Å². The molecule has 274 valence electrons. The van der Waals surface area contributed by atoms with Crippen molar-refractivity contribution in [2.45, 2.75) is 43.0 Å². The van der Waals surface area contributed by atoms with Crippen molar-refractivity contribution in [1.29, 1.82) is 0 Å². The number of nitrogens with one attached hydrogen (secondary N) is 3. The highest BCUT2D eigenvalue weighted by atomic mass is 32.2. The van der Waals surface area contributed by atoms with Crippen LogP contribution in [0.1, 0.15) is 40.6 Å². The fourth-order valence-corrected chi connectivity index (χ4v) is 6.79. The number of halogens is 2. The van der Waals surface area contributed by atoms with E-state index in [4.69, 9.17) is 20.7 Å². The van der Waals surface area contributed by atoms with Gasteiger partial charge in [0, 0.05) is 35.1 Å². The molecule has 2 unspecified atom stereocenters. The third kappa shape index (κ3) is 7.90. The van der Waals surface area contributed by atoms with Gasteiger partial charge in [0.05, 0.1) is 23.0 Å². The number of aromatic nitrogens is 2. The van der Waals surface area contributed by atoms with Crippen LogP contribution < -0.4 is 26.7 Å². The highest BCUT2D eigenvalue weighted by Gasteiger charge is 2.39. The van der Waals surface area contributed by atoms with Gasteiger partial charge in [0.1, 0.15) is 47.8 Å². The summed E-state index contributed by atoms with van der Waals surface area (Å²) in [6.07, 6.45) is -0.732. The molecule has 0 spiro atoms. The molecule has 4 aromatic rings. The molecule has 2 aromatic heterocycles. The number of benzene rings is 2. The van der Waals surface area contributed by atoms with E-state index < -0.39 is 89.3 Å². The lowest BCUT2D eigenvalue weighted by Crippen LogP contribution is -2.50. The van der Waals surface area contributed by atoms with Crippen LogP contribution in [0.5, 0.6) is 5.75 Å². The number of pyridine rings is 1. The maximum Gasteiger partial charge on any atom is 0.353 e. The Balaban J connectivity index is 1.52. The Morgan fingerprint density at radius 2 is 1.83 bits per heavy atom. The van der Waals surface area contributed by atoms with Crippen LogP contribution in [0.2, 0.25) is 0 Å². The van der Waals surface area contributed by atoms with Crippen LogP contribution in [-0.2, 0) is 25.7 Å². The van der Waals surface area contributed by atoms with E-state index in [1.54, 1.807) is 0 Å². The van der Waals surface area contributed by atoms with Gasteiger partial charge in [0.25, 0.3) is 5.56 Å². The minimum Gasteiger partial charge on any atom is -0.480 e. The second-order valence-corrected chi connectivity index (χ2v) is 12.8. The number of aromatic amines is 1. The molecular weight excluding hydrogens is 712 g/mol. The number of carboxylic acid groups (broad SMARTS) is 3. The van der Waals surface area contributed by atoms with Gasteiger partial charge < -0.3 is 51.1 Å². The van der Waals surface area contributed by atoms with E-state index in [1.807, 2.05) is 0 Å². The number of carboxylic acids is 3. The van der Waals surface area contributed by atoms with Crippen LogP contribution in [-0.4, -0.2) is 89.5 Å². The number of H-pyrrole nitrogens is 1. The molecule has 0 aliphatic carbocycles. The topological polar surface area (TPSA) is 263 Å². The Hall–Kier alpha value is -5.79. The Labute approximate surface area is 295 Å². The minimum atomic E-state index is -1.51. The van der Waals surface area contributed by atoms with Crippen molar-refractivity contribution in [2.24, 2.45) is 5.73 Å². The molecule has 4 atom stereocenters.